The van der Waals surface area contributed by atoms with E-state index in [-0.39, 0.29) is 0 Å². The standard InChI is InChI=1S/C17H25NO2/c1-13(15-5-2-3-6-15)18-12-14-7-8-16-17(11-14)20-10-4-9-19-16/h7-8,11,13,15,18H,2-6,9-10,12H2,1H3/t13-/m1/s1. The van der Waals surface area contributed by atoms with E-state index in [1.165, 1.54) is 31.2 Å². The molecule has 3 rings (SSSR count). The molecule has 1 saturated carbocycles. The average molecular weight is 275 g/mol. The first kappa shape index (κ1) is 13.7. The van der Waals surface area contributed by atoms with E-state index in [2.05, 4.69) is 24.4 Å². The van der Waals surface area contributed by atoms with Gasteiger partial charge in [0.2, 0.25) is 0 Å². The van der Waals surface area contributed by atoms with E-state index >= 15 is 0 Å². The van der Waals surface area contributed by atoms with E-state index in [4.69, 9.17) is 9.47 Å². The minimum atomic E-state index is 0.605. The number of hydrogen-bond acceptors (Lipinski definition) is 3. The van der Waals surface area contributed by atoms with Crippen molar-refractivity contribution in [3.05, 3.63) is 23.8 Å². The average Bonchev–Trinajstić information content (AvgIpc) is 2.90. The first-order valence-corrected chi connectivity index (χ1v) is 7.95. The number of nitrogens with one attached hydrogen (secondary N) is 1. The minimum Gasteiger partial charge on any atom is -0.490 e. The molecule has 1 aliphatic carbocycles. The van der Waals surface area contributed by atoms with Crippen LogP contribution >= 0.6 is 0 Å². The van der Waals surface area contributed by atoms with Gasteiger partial charge in [0, 0.05) is 19.0 Å². The SMILES string of the molecule is C[C@@H](NCc1ccc2c(c1)OCCCO2)C1CCCC1. The van der Waals surface area contributed by atoms with Crippen molar-refractivity contribution in [2.75, 3.05) is 13.2 Å². The molecule has 0 bridgehead atoms. The van der Waals surface area contributed by atoms with E-state index in [1.807, 2.05) is 6.07 Å². The Balaban J connectivity index is 1.58. The van der Waals surface area contributed by atoms with Crippen LogP contribution in [-0.4, -0.2) is 19.3 Å². The second-order valence-corrected chi connectivity index (χ2v) is 6.05. The van der Waals surface area contributed by atoms with Crippen LogP contribution in [0, 0.1) is 5.92 Å². The lowest BCUT2D eigenvalue weighted by Gasteiger charge is -2.20. The van der Waals surface area contributed by atoms with E-state index in [0.717, 1.165) is 43.6 Å². The van der Waals surface area contributed by atoms with E-state index in [1.54, 1.807) is 0 Å². The Morgan fingerprint density at radius 1 is 1.10 bits per heavy atom. The first-order chi connectivity index (χ1) is 9.83. The predicted octanol–water partition coefficient (Wildman–Crippen LogP) is 3.52. The summed E-state index contributed by atoms with van der Waals surface area (Å²) in [7, 11) is 0. The van der Waals surface area contributed by atoms with Crippen LogP contribution in [0.4, 0.5) is 0 Å². The van der Waals surface area contributed by atoms with E-state index in [9.17, 15) is 0 Å². The molecular weight excluding hydrogens is 250 g/mol. The highest BCUT2D eigenvalue weighted by molar-refractivity contribution is 5.43. The summed E-state index contributed by atoms with van der Waals surface area (Å²) in [6.45, 7) is 4.74. The van der Waals surface area contributed by atoms with Crippen LogP contribution in [0.3, 0.4) is 0 Å². The summed E-state index contributed by atoms with van der Waals surface area (Å²) in [5.41, 5.74) is 1.28. The summed E-state index contributed by atoms with van der Waals surface area (Å²) in [6, 6.07) is 6.91. The Bertz CT molecular complexity index is 441. The molecule has 1 aromatic carbocycles. The number of benzene rings is 1. The zero-order valence-electron chi connectivity index (χ0n) is 12.4. The van der Waals surface area contributed by atoms with Gasteiger partial charge in [0.25, 0.3) is 0 Å². The Hall–Kier alpha value is -1.22. The van der Waals surface area contributed by atoms with Crippen molar-refractivity contribution < 1.29 is 9.47 Å². The summed E-state index contributed by atoms with van der Waals surface area (Å²) in [6.07, 6.45) is 6.53. The number of ether oxygens (including phenoxy) is 2. The van der Waals surface area contributed by atoms with Crippen LogP contribution in [0.25, 0.3) is 0 Å². The topological polar surface area (TPSA) is 30.5 Å². The van der Waals surface area contributed by atoms with E-state index < -0.39 is 0 Å². The molecule has 1 aromatic rings. The fourth-order valence-corrected chi connectivity index (χ4v) is 3.22. The maximum absolute atomic E-state index is 5.74. The molecule has 2 aliphatic rings. The van der Waals surface area contributed by atoms with Gasteiger partial charge in [-0.05, 0) is 43.4 Å². The molecule has 20 heavy (non-hydrogen) atoms. The van der Waals surface area contributed by atoms with Crippen LogP contribution in [0.15, 0.2) is 18.2 Å². The third-order valence-corrected chi connectivity index (χ3v) is 4.55. The monoisotopic (exact) mass is 275 g/mol. The zero-order valence-corrected chi connectivity index (χ0v) is 12.4. The van der Waals surface area contributed by atoms with Gasteiger partial charge < -0.3 is 14.8 Å². The number of fused-ring (bicyclic) bond motifs is 1. The maximum Gasteiger partial charge on any atom is 0.161 e. The fourth-order valence-electron chi connectivity index (χ4n) is 3.22. The second-order valence-electron chi connectivity index (χ2n) is 6.05. The summed E-state index contributed by atoms with van der Waals surface area (Å²) in [5, 5.41) is 3.67. The van der Waals surface area contributed by atoms with Gasteiger partial charge in [-0.15, -0.1) is 0 Å². The van der Waals surface area contributed by atoms with Crippen molar-refractivity contribution in [2.45, 2.75) is 51.6 Å². The highest BCUT2D eigenvalue weighted by atomic mass is 16.5. The van der Waals surface area contributed by atoms with Gasteiger partial charge in [-0.25, -0.2) is 0 Å². The van der Waals surface area contributed by atoms with Crippen LogP contribution < -0.4 is 14.8 Å². The molecule has 1 fully saturated rings. The smallest absolute Gasteiger partial charge is 0.161 e. The largest absolute Gasteiger partial charge is 0.490 e. The molecule has 0 aromatic heterocycles. The maximum atomic E-state index is 5.74. The molecule has 3 heteroatoms. The third kappa shape index (κ3) is 3.26. The first-order valence-electron chi connectivity index (χ1n) is 7.95. The molecule has 1 N–H and O–H groups in total. The number of hydrogen-bond donors (Lipinski definition) is 1. The Morgan fingerprint density at radius 2 is 1.85 bits per heavy atom. The Morgan fingerprint density at radius 3 is 2.65 bits per heavy atom. The van der Waals surface area contributed by atoms with Gasteiger partial charge >= 0.3 is 0 Å². The quantitative estimate of drug-likeness (QED) is 0.912. The molecule has 1 atom stereocenters. The van der Waals surface area contributed by atoms with Crippen molar-refractivity contribution in [3.8, 4) is 11.5 Å². The predicted molar refractivity (Wildman–Crippen MR) is 80.3 cm³/mol. The van der Waals surface area contributed by atoms with Gasteiger partial charge in [-0.2, -0.15) is 0 Å². The molecule has 110 valence electrons. The van der Waals surface area contributed by atoms with Gasteiger partial charge in [0.15, 0.2) is 11.5 Å². The molecule has 1 heterocycles. The molecule has 0 amide bonds. The number of rotatable bonds is 4. The van der Waals surface area contributed by atoms with Crippen molar-refractivity contribution in [1.82, 2.24) is 5.32 Å². The molecule has 0 radical (unpaired) electrons. The molecule has 0 spiro atoms. The van der Waals surface area contributed by atoms with Crippen molar-refractivity contribution in [1.29, 1.82) is 0 Å². The van der Waals surface area contributed by atoms with Crippen molar-refractivity contribution in [3.63, 3.8) is 0 Å². The highest BCUT2D eigenvalue weighted by Crippen LogP contribution is 2.31. The van der Waals surface area contributed by atoms with Crippen LogP contribution in [-0.2, 0) is 6.54 Å². The summed E-state index contributed by atoms with van der Waals surface area (Å²) in [4.78, 5) is 0. The van der Waals surface area contributed by atoms with Crippen LogP contribution in [0.2, 0.25) is 0 Å². The minimum absolute atomic E-state index is 0.605. The van der Waals surface area contributed by atoms with Gasteiger partial charge in [0.1, 0.15) is 0 Å². The zero-order chi connectivity index (χ0) is 13.8. The van der Waals surface area contributed by atoms with Gasteiger partial charge in [-0.3, -0.25) is 0 Å². The Labute approximate surface area is 121 Å². The summed E-state index contributed by atoms with van der Waals surface area (Å²) < 4.78 is 11.4. The lowest BCUT2D eigenvalue weighted by Crippen LogP contribution is -2.31. The molecule has 0 saturated heterocycles. The van der Waals surface area contributed by atoms with Gasteiger partial charge in [-0.1, -0.05) is 18.9 Å². The van der Waals surface area contributed by atoms with Crippen molar-refractivity contribution >= 4 is 0 Å². The molecule has 3 nitrogen and oxygen atoms in total. The summed E-state index contributed by atoms with van der Waals surface area (Å²) >= 11 is 0. The second kappa shape index (κ2) is 6.49. The van der Waals surface area contributed by atoms with Gasteiger partial charge in [0.05, 0.1) is 13.2 Å². The van der Waals surface area contributed by atoms with Crippen molar-refractivity contribution in [2.24, 2.45) is 5.92 Å². The normalized spacial score (nSPS) is 20.6. The molecule has 1 aliphatic heterocycles. The Kier molecular flexibility index (Phi) is 4.46. The third-order valence-electron chi connectivity index (χ3n) is 4.55. The highest BCUT2D eigenvalue weighted by Gasteiger charge is 2.21. The van der Waals surface area contributed by atoms with E-state index in [0.29, 0.717) is 6.04 Å². The fraction of sp³-hybridized carbons (Fsp3) is 0.647. The van der Waals surface area contributed by atoms with Crippen LogP contribution in [0.5, 0.6) is 11.5 Å². The lowest BCUT2D eigenvalue weighted by atomic mass is 9.99. The summed E-state index contributed by atoms with van der Waals surface area (Å²) in [5.74, 6) is 2.64. The molecular formula is C17H25NO2. The van der Waals surface area contributed by atoms with Crippen LogP contribution in [0.1, 0.15) is 44.6 Å². The molecule has 0 unspecified atom stereocenters. The lowest BCUT2D eigenvalue weighted by molar-refractivity contribution is 0.297.